The lowest BCUT2D eigenvalue weighted by molar-refractivity contribution is -0.127. The fraction of sp³-hybridized carbons (Fsp3) is 0.692. The number of carbonyl (C=O) groups excluding carboxylic acids is 1. The van der Waals surface area contributed by atoms with Crippen molar-refractivity contribution in [2.24, 2.45) is 0 Å². The Morgan fingerprint density at radius 1 is 1.61 bits per heavy atom. The fourth-order valence-electron chi connectivity index (χ4n) is 2.38. The number of hydrogen-bond donors (Lipinski definition) is 2. The van der Waals surface area contributed by atoms with E-state index in [1.807, 2.05) is 24.6 Å². The van der Waals surface area contributed by atoms with Crippen LogP contribution >= 0.6 is 0 Å². The predicted molar refractivity (Wildman–Crippen MR) is 70.2 cm³/mol. The first-order chi connectivity index (χ1) is 8.62. The summed E-state index contributed by atoms with van der Waals surface area (Å²) in [5.74, 6) is 1.09. The standard InChI is InChI=1S/C13H22N4O/c1-11-14-7-9-17(11)10-8-15-12(18)13(2)5-3-4-6-16-13/h7,9,16H,3-6,8,10H2,1-2H3,(H,15,18). The Kier molecular flexibility index (Phi) is 4.01. The summed E-state index contributed by atoms with van der Waals surface area (Å²) in [5, 5.41) is 6.33. The van der Waals surface area contributed by atoms with Crippen molar-refractivity contribution in [1.82, 2.24) is 20.2 Å². The molecule has 18 heavy (non-hydrogen) atoms. The molecule has 2 rings (SSSR count). The van der Waals surface area contributed by atoms with E-state index in [1.165, 1.54) is 0 Å². The smallest absolute Gasteiger partial charge is 0.240 e. The van der Waals surface area contributed by atoms with Gasteiger partial charge in [-0.3, -0.25) is 4.79 Å². The van der Waals surface area contributed by atoms with Crippen molar-refractivity contribution in [3.8, 4) is 0 Å². The minimum absolute atomic E-state index is 0.111. The van der Waals surface area contributed by atoms with E-state index in [0.717, 1.165) is 38.2 Å². The second kappa shape index (κ2) is 5.52. The fourth-order valence-corrected chi connectivity index (χ4v) is 2.38. The van der Waals surface area contributed by atoms with Gasteiger partial charge < -0.3 is 15.2 Å². The maximum Gasteiger partial charge on any atom is 0.240 e. The molecule has 1 amide bonds. The first-order valence-electron chi connectivity index (χ1n) is 6.63. The number of aryl methyl sites for hydroxylation is 1. The Morgan fingerprint density at radius 3 is 3.06 bits per heavy atom. The summed E-state index contributed by atoms with van der Waals surface area (Å²) < 4.78 is 2.04. The van der Waals surface area contributed by atoms with Crippen molar-refractivity contribution in [2.75, 3.05) is 13.1 Å². The van der Waals surface area contributed by atoms with Gasteiger partial charge in [-0.05, 0) is 39.7 Å². The summed E-state index contributed by atoms with van der Waals surface area (Å²) in [6.07, 6.45) is 6.92. The van der Waals surface area contributed by atoms with E-state index in [1.54, 1.807) is 6.20 Å². The van der Waals surface area contributed by atoms with Crippen LogP contribution < -0.4 is 10.6 Å². The second-order valence-corrected chi connectivity index (χ2v) is 5.14. The molecule has 1 saturated heterocycles. The minimum Gasteiger partial charge on any atom is -0.353 e. The Balaban J connectivity index is 1.79. The molecule has 1 aliphatic heterocycles. The number of nitrogens with zero attached hydrogens (tertiary/aromatic N) is 2. The van der Waals surface area contributed by atoms with Crippen LogP contribution in [-0.2, 0) is 11.3 Å². The lowest BCUT2D eigenvalue weighted by atomic mass is 9.90. The van der Waals surface area contributed by atoms with Gasteiger partial charge in [-0.1, -0.05) is 0 Å². The molecule has 1 aromatic heterocycles. The van der Waals surface area contributed by atoms with Crippen LogP contribution in [0.4, 0.5) is 0 Å². The highest BCUT2D eigenvalue weighted by atomic mass is 16.2. The van der Waals surface area contributed by atoms with E-state index in [0.29, 0.717) is 6.54 Å². The third kappa shape index (κ3) is 2.90. The van der Waals surface area contributed by atoms with E-state index < -0.39 is 0 Å². The van der Waals surface area contributed by atoms with Crippen LogP contribution in [0, 0.1) is 6.92 Å². The molecule has 0 spiro atoms. The molecule has 0 aromatic carbocycles. The normalized spacial score (nSPS) is 23.9. The molecular weight excluding hydrogens is 228 g/mol. The number of imidazole rings is 1. The van der Waals surface area contributed by atoms with Crippen LogP contribution in [-0.4, -0.2) is 34.1 Å². The van der Waals surface area contributed by atoms with Crippen LogP contribution in [0.2, 0.25) is 0 Å². The summed E-state index contributed by atoms with van der Waals surface area (Å²) in [6, 6.07) is 0. The average Bonchev–Trinajstić information content (AvgIpc) is 2.76. The number of rotatable bonds is 4. The lowest BCUT2D eigenvalue weighted by Gasteiger charge is -2.33. The predicted octanol–water partition coefficient (Wildman–Crippen LogP) is 0.840. The maximum absolute atomic E-state index is 12.1. The third-order valence-electron chi connectivity index (χ3n) is 3.68. The van der Waals surface area contributed by atoms with E-state index in [-0.39, 0.29) is 11.4 Å². The number of amides is 1. The Hall–Kier alpha value is -1.36. The van der Waals surface area contributed by atoms with Gasteiger partial charge in [0.15, 0.2) is 0 Å². The summed E-state index contributed by atoms with van der Waals surface area (Å²) in [7, 11) is 0. The van der Waals surface area contributed by atoms with Crippen molar-refractivity contribution < 1.29 is 4.79 Å². The van der Waals surface area contributed by atoms with Gasteiger partial charge in [-0.2, -0.15) is 0 Å². The molecule has 5 nitrogen and oxygen atoms in total. The van der Waals surface area contributed by atoms with Gasteiger partial charge >= 0.3 is 0 Å². The molecule has 5 heteroatoms. The average molecular weight is 250 g/mol. The molecule has 1 aliphatic rings. The molecule has 2 N–H and O–H groups in total. The summed E-state index contributed by atoms with van der Waals surface area (Å²) in [4.78, 5) is 16.3. The largest absolute Gasteiger partial charge is 0.353 e. The lowest BCUT2D eigenvalue weighted by Crippen LogP contribution is -2.57. The number of carbonyl (C=O) groups is 1. The maximum atomic E-state index is 12.1. The van der Waals surface area contributed by atoms with Gasteiger partial charge in [0.25, 0.3) is 0 Å². The first-order valence-corrected chi connectivity index (χ1v) is 6.63. The minimum atomic E-state index is -0.387. The molecule has 1 fully saturated rings. The first kappa shape index (κ1) is 13.1. The van der Waals surface area contributed by atoms with E-state index in [2.05, 4.69) is 15.6 Å². The molecule has 100 valence electrons. The highest BCUT2D eigenvalue weighted by Gasteiger charge is 2.33. The monoisotopic (exact) mass is 250 g/mol. The SMILES string of the molecule is Cc1nccn1CCNC(=O)C1(C)CCCCN1. The third-order valence-corrected chi connectivity index (χ3v) is 3.68. The molecular formula is C13H22N4O. The van der Waals surface area contributed by atoms with E-state index >= 15 is 0 Å². The Morgan fingerprint density at radius 2 is 2.44 bits per heavy atom. The summed E-state index contributed by atoms with van der Waals surface area (Å²) in [5.41, 5.74) is -0.387. The van der Waals surface area contributed by atoms with Crippen molar-refractivity contribution in [1.29, 1.82) is 0 Å². The Bertz CT molecular complexity index is 407. The quantitative estimate of drug-likeness (QED) is 0.832. The molecule has 0 saturated carbocycles. The van der Waals surface area contributed by atoms with Crippen LogP contribution in [0.25, 0.3) is 0 Å². The van der Waals surface area contributed by atoms with E-state index in [4.69, 9.17) is 0 Å². The van der Waals surface area contributed by atoms with Crippen LogP contribution in [0.3, 0.4) is 0 Å². The molecule has 1 aromatic rings. The van der Waals surface area contributed by atoms with Crippen LogP contribution in [0.1, 0.15) is 32.0 Å². The van der Waals surface area contributed by atoms with Gasteiger partial charge in [0.05, 0.1) is 5.54 Å². The Labute approximate surface area is 108 Å². The van der Waals surface area contributed by atoms with Crippen molar-refractivity contribution in [3.63, 3.8) is 0 Å². The van der Waals surface area contributed by atoms with Crippen LogP contribution in [0.5, 0.6) is 0 Å². The van der Waals surface area contributed by atoms with Crippen LogP contribution in [0.15, 0.2) is 12.4 Å². The highest BCUT2D eigenvalue weighted by Crippen LogP contribution is 2.18. The molecule has 0 aliphatic carbocycles. The van der Waals surface area contributed by atoms with Gasteiger partial charge in [0.1, 0.15) is 5.82 Å². The van der Waals surface area contributed by atoms with Gasteiger partial charge in [-0.25, -0.2) is 4.98 Å². The van der Waals surface area contributed by atoms with Crippen molar-refractivity contribution in [3.05, 3.63) is 18.2 Å². The van der Waals surface area contributed by atoms with E-state index in [9.17, 15) is 4.79 Å². The summed E-state index contributed by atoms with van der Waals surface area (Å²) in [6.45, 7) is 6.31. The van der Waals surface area contributed by atoms with Gasteiger partial charge in [0, 0.05) is 25.5 Å². The zero-order valence-corrected chi connectivity index (χ0v) is 11.2. The highest BCUT2D eigenvalue weighted by molar-refractivity contribution is 5.85. The number of aromatic nitrogens is 2. The number of piperidine rings is 1. The topological polar surface area (TPSA) is 59.0 Å². The molecule has 0 radical (unpaired) electrons. The second-order valence-electron chi connectivity index (χ2n) is 5.14. The zero-order valence-electron chi connectivity index (χ0n) is 11.2. The molecule has 0 bridgehead atoms. The molecule has 2 heterocycles. The number of nitrogens with one attached hydrogen (secondary N) is 2. The number of hydrogen-bond acceptors (Lipinski definition) is 3. The van der Waals surface area contributed by atoms with Crippen molar-refractivity contribution >= 4 is 5.91 Å². The summed E-state index contributed by atoms with van der Waals surface area (Å²) >= 11 is 0. The molecule has 1 atom stereocenters. The van der Waals surface area contributed by atoms with Crippen molar-refractivity contribution in [2.45, 2.75) is 45.2 Å². The molecule has 1 unspecified atom stereocenters. The van der Waals surface area contributed by atoms with Gasteiger partial charge in [0.2, 0.25) is 5.91 Å². The van der Waals surface area contributed by atoms with Gasteiger partial charge in [-0.15, -0.1) is 0 Å². The zero-order chi connectivity index (χ0) is 13.0.